The molecule has 1 atom stereocenters. The minimum Gasteiger partial charge on any atom is -0.495 e. The number of ether oxygens (including phenoxy) is 1. The Balaban J connectivity index is 3.03. The van der Waals surface area contributed by atoms with Gasteiger partial charge in [0.05, 0.1) is 17.0 Å². The molecule has 0 aliphatic rings. The van der Waals surface area contributed by atoms with Gasteiger partial charge < -0.3 is 4.74 Å². The Morgan fingerprint density at radius 3 is 2.64 bits per heavy atom. The summed E-state index contributed by atoms with van der Waals surface area (Å²) in [7, 11) is 1.54. The summed E-state index contributed by atoms with van der Waals surface area (Å²) in [5.41, 5.74) is 0.583. The van der Waals surface area contributed by atoms with E-state index in [9.17, 15) is 4.79 Å². The molecule has 0 saturated carbocycles. The lowest BCUT2D eigenvalue weighted by atomic mass is 10.1. The number of rotatable bonds is 3. The highest BCUT2D eigenvalue weighted by Crippen LogP contribution is 2.25. The number of ketones is 1. The fourth-order valence-corrected chi connectivity index (χ4v) is 1.57. The SMILES string of the molecule is COc1ccc(C(=O)[C@H](C)Br)cc1Cl. The molecule has 1 rings (SSSR count). The highest BCUT2D eigenvalue weighted by Gasteiger charge is 2.13. The molecule has 76 valence electrons. The monoisotopic (exact) mass is 276 g/mol. The molecule has 1 aromatic rings. The van der Waals surface area contributed by atoms with Crippen molar-refractivity contribution in [3.63, 3.8) is 0 Å². The lowest BCUT2D eigenvalue weighted by molar-refractivity contribution is 0.0996. The van der Waals surface area contributed by atoms with Gasteiger partial charge in [0.2, 0.25) is 0 Å². The van der Waals surface area contributed by atoms with Gasteiger partial charge in [-0.15, -0.1) is 0 Å². The summed E-state index contributed by atoms with van der Waals surface area (Å²) in [6, 6.07) is 5.00. The van der Waals surface area contributed by atoms with E-state index in [1.807, 2.05) is 0 Å². The fourth-order valence-electron chi connectivity index (χ4n) is 1.05. The first-order valence-electron chi connectivity index (χ1n) is 4.08. The number of Topliss-reactive ketones (excluding diaryl/α,β-unsaturated/α-hetero) is 1. The number of carbonyl (C=O) groups is 1. The molecule has 0 aliphatic carbocycles. The van der Waals surface area contributed by atoms with Crippen LogP contribution < -0.4 is 4.74 Å². The van der Waals surface area contributed by atoms with E-state index in [0.717, 1.165) is 0 Å². The molecule has 14 heavy (non-hydrogen) atoms. The van der Waals surface area contributed by atoms with Gasteiger partial charge in [-0.05, 0) is 25.1 Å². The van der Waals surface area contributed by atoms with Crippen molar-refractivity contribution in [3.05, 3.63) is 28.8 Å². The first-order chi connectivity index (χ1) is 6.56. The topological polar surface area (TPSA) is 26.3 Å². The predicted octanol–water partition coefficient (Wildman–Crippen LogP) is 3.31. The summed E-state index contributed by atoms with van der Waals surface area (Å²) < 4.78 is 4.99. The summed E-state index contributed by atoms with van der Waals surface area (Å²) in [4.78, 5) is 11.3. The molecule has 4 heteroatoms. The van der Waals surface area contributed by atoms with E-state index in [2.05, 4.69) is 15.9 Å². The predicted molar refractivity (Wildman–Crippen MR) is 60.7 cm³/mol. The third kappa shape index (κ3) is 2.49. The molecule has 0 saturated heterocycles. The molecule has 0 bridgehead atoms. The first kappa shape index (κ1) is 11.5. The maximum Gasteiger partial charge on any atom is 0.176 e. The van der Waals surface area contributed by atoms with E-state index in [1.165, 1.54) is 7.11 Å². The van der Waals surface area contributed by atoms with Gasteiger partial charge in [-0.2, -0.15) is 0 Å². The minimum atomic E-state index is -0.202. The number of halogens is 2. The lowest BCUT2D eigenvalue weighted by Crippen LogP contribution is -2.09. The normalized spacial score (nSPS) is 12.3. The number of alkyl halides is 1. The van der Waals surface area contributed by atoms with Crippen molar-refractivity contribution in [1.82, 2.24) is 0 Å². The smallest absolute Gasteiger partial charge is 0.176 e. The standard InChI is InChI=1S/C10H10BrClO2/c1-6(11)10(13)7-3-4-9(14-2)8(12)5-7/h3-6H,1-2H3/t6-/m0/s1. The minimum absolute atomic E-state index is 0.00885. The van der Waals surface area contributed by atoms with Crippen LogP contribution in [0.15, 0.2) is 18.2 Å². The second kappa shape index (κ2) is 4.80. The molecular formula is C10H10BrClO2. The van der Waals surface area contributed by atoms with Crippen molar-refractivity contribution in [1.29, 1.82) is 0 Å². The van der Waals surface area contributed by atoms with Crippen LogP contribution in [0, 0.1) is 0 Å². The Labute approximate surface area is 96.3 Å². The maximum atomic E-state index is 11.5. The molecule has 0 fully saturated rings. The molecule has 0 heterocycles. The number of carbonyl (C=O) groups excluding carboxylic acids is 1. The van der Waals surface area contributed by atoms with Crippen LogP contribution in [0.25, 0.3) is 0 Å². The lowest BCUT2D eigenvalue weighted by Gasteiger charge is -2.06. The Morgan fingerprint density at radius 1 is 1.57 bits per heavy atom. The molecule has 0 radical (unpaired) electrons. The molecule has 0 amide bonds. The number of hydrogen-bond donors (Lipinski definition) is 0. The molecule has 2 nitrogen and oxygen atoms in total. The average molecular weight is 278 g/mol. The van der Waals surface area contributed by atoms with Gasteiger partial charge in [-0.3, -0.25) is 4.79 Å². The van der Waals surface area contributed by atoms with E-state index in [-0.39, 0.29) is 10.6 Å². The zero-order chi connectivity index (χ0) is 10.7. The summed E-state index contributed by atoms with van der Waals surface area (Å²) in [6.45, 7) is 1.78. The van der Waals surface area contributed by atoms with Crippen molar-refractivity contribution >= 4 is 33.3 Å². The third-order valence-electron chi connectivity index (χ3n) is 1.80. The van der Waals surface area contributed by atoms with Crippen molar-refractivity contribution in [3.8, 4) is 5.75 Å². The van der Waals surface area contributed by atoms with Crippen molar-refractivity contribution in [2.45, 2.75) is 11.8 Å². The van der Waals surface area contributed by atoms with Crippen LogP contribution in [0.2, 0.25) is 5.02 Å². The highest BCUT2D eigenvalue weighted by molar-refractivity contribution is 9.10. The Bertz CT molecular complexity index is 350. The van der Waals surface area contributed by atoms with Gasteiger partial charge in [0.15, 0.2) is 5.78 Å². The third-order valence-corrected chi connectivity index (χ3v) is 2.51. The van der Waals surface area contributed by atoms with E-state index < -0.39 is 0 Å². The number of hydrogen-bond acceptors (Lipinski definition) is 2. The molecule has 0 aliphatic heterocycles. The van der Waals surface area contributed by atoms with Crippen LogP contribution in [-0.4, -0.2) is 17.7 Å². The summed E-state index contributed by atoms with van der Waals surface area (Å²) in [5, 5.41) is 0.450. The Kier molecular flexibility index (Phi) is 3.96. The summed E-state index contributed by atoms with van der Waals surface area (Å²) in [6.07, 6.45) is 0. The second-order valence-corrected chi connectivity index (χ2v) is 4.61. The van der Waals surface area contributed by atoms with E-state index in [0.29, 0.717) is 16.3 Å². The zero-order valence-electron chi connectivity index (χ0n) is 7.88. The largest absolute Gasteiger partial charge is 0.495 e. The molecule has 0 spiro atoms. The Hall–Kier alpha value is -0.540. The summed E-state index contributed by atoms with van der Waals surface area (Å²) >= 11 is 9.10. The van der Waals surface area contributed by atoms with Crippen LogP contribution in [0.1, 0.15) is 17.3 Å². The van der Waals surface area contributed by atoms with E-state index >= 15 is 0 Å². The van der Waals surface area contributed by atoms with Crippen molar-refractivity contribution in [2.75, 3.05) is 7.11 Å². The van der Waals surface area contributed by atoms with Crippen molar-refractivity contribution < 1.29 is 9.53 Å². The van der Waals surface area contributed by atoms with Gasteiger partial charge in [0.1, 0.15) is 5.75 Å². The van der Waals surface area contributed by atoms with Gasteiger partial charge in [-0.25, -0.2) is 0 Å². The average Bonchev–Trinajstić information content (AvgIpc) is 2.16. The Morgan fingerprint density at radius 2 is 2.21 bits per heavy atom. The highest BCUT2D eigenvalue weighted by atomic mass is 79.9. The fraction of sp³-hybridized carbons (Fsp3) is 0.300. The van der Waals surface area contributed by atoms with Gasteiger partial charge in [0, 0.05) is 5.56 Å². The molecular weight excluding hydrogens is 267 g/mol. The van der Waals surface area contributed by atoms with Crippen molar-refractivity contribution in [2.24, 2.45) is 0 Å². The van der Waals surface area contributed by atoms with Gasteiger partial charge >= 0.3 is 0 Å². The molecule has 0 N–H and O–H groups in total. The first-order valence-corrected chi connectivity index (χ1v) is 5.37. The number of methoxy groups -OCH3 is 1. The van der Waals surface area contributed by atoms with Crippen LogP contribution >= 0.6 is 27.5 Å². The second-order valence-electron chi connectivity index (χ2n) is 2.83. The quantitative estimate of drug-likeness (QED) is 0.626. The van der Waals surface area contributed by atoms with Crippen LogP contribution in [0.3, 0.4) is 0 Å². The van der Waals surface area contributed by atoms with E-state index in [4.69, 9.17) is 16.3 Å². The molecule has 0 aromatic heterocycles. The van der Waals surface area contributed by atoms with Crippen LogP contribution in [-0.2, 0) is 0 Å². The van der Waals surface area contributed by atoms with Gasteiger partial charge in [-0.1, -0.05) is 27.5 Å². The zero-order valence-corrected chi connectivity index (χ0v) is 10.2. The van der Waals surface area contributed by atoms with Gasteiger partial charge in [0.25, 0.3) is 0 Å². The molecule has 1 aromatic carbocycles. The molecule has 0 unspecified atom stereocenters. The van der Waals surface area contributed by atoms with Crippen LogP contribution in [0.4, 0.5) is 0 Å². The maximum absolute atomic E-state index is 11.5. The summed E-state index contributed by atoms with van der Waals surface area (Å²) in [5.74, 6) is 0.583. The van der Waals surface area contributed by atoms with Crippen LogP contribution in [0.5, 0.6) is 5.75 Å². The number of benzene rings is 1. The van der Waals surface area contributed by atoms with E-state index in [1.54, 1.807) is 25.1 Å².